The fourth-order valence-corrected chi connectivity index (χ4v) is 4.95. The third-order valence-electron chi connectivity index (χ3n) is 6.70. The standard InChI is InChI=1S/C28H28N2O8/c1-33-22-15-24(35-3)23(34-2)14-20(22)28(32)38-16-25(31)30-27(21-10-6-12-37-21)19-9-4-7-17(26(19)29-30)13-18-8-5-11-36-18/h5-6,8,10-15,19,27H,4,7,9,16H2,1-3H3. The summed E-state index contributed by atoms with van der Waals surface area (Å²) >= 11 is 0. The molecule has 2 aliphatic rings. The number of amides is 1. The van der Waals surface area contributed by atoms with E-state index in [-0.39, 0.29) is 17.2 Å². The quantitative estimate of drug-likeness (QED) is 0.386. The van der Waals surface area contributed by atoms with Crippen LogP contribution in [0, 0.1) is 5.92 Å². The molecule has 2 aromatic heterocycles. The predicted octanol–water partition coefficient (Wildman–Crippen LogP) is 4.88. The van der Waals surface area contributed by atoms with Crippen LogP contribution in [0.2, 0.25) is 0 Å². The Balaban J connectivity index is 1.39. The number of hydrogen-bond acceptors (Lipinski definition) is 9. The molecule has 0 radical (unpaired) electrons. The van der Waals surface area contributed by atoms with E-state index in [0.29, 0.717) is 17.3 Å². The van der Waals surface area contributed by atoms with Crippen molar-refractivity contribution in [3.05, 3.63) is 71.6 Å². The number of esters is 1. The first-order valence-corrected chi connectivity index (χ1v) is 12.2. The summed E-state index contributed by atoms with van der Waals surface area (Å²) < 4.78 is 32.5. The first-order chi connectivity index (χ1) is 18.5. The Kier molecular flexibility index (Phi) is 7.21. The highest BCUT2D eigenvalue weighted by atomic mass is 16.5. The van der Waals surface area contributed by atoms with E-state index in [1.807, 2.05) is 24.3 Å². The van der Waals surface area contributed by atoms with E-state index < -0.39 is 24.5 Å². The Hall–Kier alpha value is -4.47. The normalized spacial score (nSPS) is 19.6. The number of carbonyl (C=O) groups is 2. The number of furan rings is 2. The van der Waals surface area contributed by atoms with Gasteiger partial charge in [-0.05, 0) is 55.2 Å². The first-order valence-electron chi connectivity index (χ1n) is 12.2. The average molecular weight is 521 g/mol. The van der Waals surface area contributed by atoms with Gasteiger partial charge >= 0.3 is 5.97 Å². The first kappa shape index (κ1) is 25.2. The van der Waals surface area contributed by atoms with Crippen LogP contribution in [-0.4, -0.2) is 50.5 Å². The van der Waals surface area contributed by atoms with Crippen LogP contribution in [0.25, 0.3) is 6.08 Å². The SMILES string of the molecule is COc1cc(OC)c(C(=O)OCC(=O)N2N=C3C(=Cc4ccco4)CCCC3C2c2ccco2)cc1OC. The number of rotatable bonds is 8. The number of methoxy groups -OCH3 is 3. The van der Waals surface area contributed by atoms with Gasteiger partial charge in [-0.2, -0.15) is 5.10 Å². The van der Waals surface area contributed by atoms with Crippen molar-refractivity contribution in [1.82, 2.24) is 5.01 Å². The average Bonchev–Trinajstić information content (AvgIpc) is 3.72. The molecule has 2 atom stereocenters. The lowest BCUT2D eigenvalue weighted by Crippen LogP contribution is -2.34. The van der Waals surface area contributed by atoms with Gasteiger partial charge in [-0.15, -0.1) is 0 Å². The molecule has 1 aromatic carbocycles. The van der Waals surface area contributed by atoms with Crippen LogP contribution in [0.4, 0.5) is 0 Å². The summed E-state index contributed by atoms with van der Waals surface area (Å²) in [5, 5.41) is 6.10. The Bertz CT molecular complexity index is 1360. The second kappa shape index (κ2) is 10.9. The van der Waals surface area contributed by atoms with Gasteiger partial charge in [0.25, 0.3) is 5.91 Å². The van der Waals surface area contributed by atoms with E-state index in [4.69, 9.17) is 32.9 Å². The largest absolute Gasteiger partial charge is 0.496 e. The predicted molar refractivity (Wildman–Crippen MR) is 136 cm³/mol. The molecule has 0 saturated heterocycles. The lowest BCUT2D eigenvalue weighted by atomic mass is 9.79. The van der Waals surface area contributed by atoms with Gasteiger partial charge in [-0.1, -0.05) is 0 Å². The fourth-order valence-electron chi connectivity index (χ4n) is 4.95. The molecular weight excluding hydrogens is 492 g/mol. The van der Waals surface area contributed by atoms with Crippen molar-refractivity contribution in [1.29, 1.82) is 0 Å². The van der Waals surface area contributed by atoms with Crippen molar-refractivity contribution in [2.75, 3.05) is 27.9 Å². The fraction of sp³-hybridized carbons (Fsp3) is 0.321. The molecule has 3 aromatic rings. The van der Waals surface area contributed by atoms with Crippen LogP contribution in [-0.2, 0) is 9.53 Å². The minimum Gasteiger partial charge on any atom is -0.496 e. The van der Waals surface area contributed by atoms with E-state index in [2.05, 4.69) is 0 Å². The summed E-state index contributed by atoms with van der Waals surface area (Å²) in [6.07, 6.45) is 7.74. The van der Waals surface area contributed by atoms with Gasteiger partial charge in [-0.3, -0.25) is 4.79 Å². The molecule has 198 valence electrons. The second-order valence-electron chi connectivity index (χ2n) is 8.85. The molecule has 1 saturated carbocycles. The molecule has 0 N–H and O–H groups in total. The van der Waals surface area contributed by atoms with Gasteiger partial charge in [-0.25, -0.2) is 9.80 Å². The lowest BCUT2D eigenvalue weighted by molar-refractivity contribution is -0.137. The lowest BCUT2D eigenvalue weighted by Gasteiger charge is -2.27. The Morgan fingerprint density at radius 3 is 2.45 bits per heavy atom. The van der Waals surface area contributed by atoms with E-state index in [0.717, 1.165) is 36.3 Å². The number of carbonyl (C=O) groups excluding carboxylic acids is 2. The molecule has 1 fully saturated rings. The van der Waals surface area contributed by atoms with Crippen LogP contribution in [0.15, 0.2) is 68.4 Å². The van der Waals surface area contributed by atoms with Gasteiger partial charge < -0.3 is 27.8 Å². The highest BCUT2D eigenvalue weighted by molar-refractivity contribution is 6.08. The van der Waals surface area contributed by atoms with Gasteiger partial charge in [0.15, 0.2) is 18.1 Å². The van der Waals surface area contributed by atoms with E-state index in [1.165, 1.54) is 38.5 Å². The minimum atomic E-state index is -0.742. The van der Waals surface area contributed by atoms with Crippen LogP contribution < -0.4 is 14.2 Å². The zero-order valence-corrected chi connectivity index (χ0v) is 21.3. The van der Waals surface area contributed by atoms with Gasteiger partial charge in [0.1, 0.15) is 28.9 Å². The molecule has 3 heterocycles. The summed E-state index contributed by atoms with van der Waals surface area (Å²) in [6.45, 7) is -0.520. The number of nitrogens with zero attached hydrogens (tertiary/aromatic N) is 2. The van der Waals surface area contributed by atoms with Crippen LogP contribution in [0.5, 0.6) is 17.2 Å². The molecule has 10 heteroatoms. The molecule has 1 aliphatic heterocycles. The summed E-state index contributed by atoms with van der Waals surface area (Å²) in [7, 11) is 4.36. The highest BCUT2D eigenvalue weighted by Gasteiger charge is 2.45. The molecule has 1 aliphatic carbocycles. The van der Waals surface area contributed by atoms with E-state index in [1.54, 1.807) is 18.6 Å². The molecule has 2 unspecified atom stereocenters. The molecule has 0 bridgehead atoms. The van der Waals surface area contributed by atoms with Crippen molar-refractivity contribution >= 4 is 23.7 Å². The Labute approximate surface area is 219 Å². The number of fused-ring (bicyclic) bond motifs is 1. The van der Waals surface area contributed by atoms with Gasteiger partial charge in [0, 0.05) is 18.1 Å². The second-order valence-corrected chi connectivity index (χ2v) is 8.85. The molecule has 10 nitrogen and oxygen atoms in total. The number of ether oxygens (including phenoxy) is 4. The topological polar surface area (TPSA) is 113 Å². The Morgan fingerprint density at radius 2 is 1.76 bits per heavy atom. The Morgan fingerprint density at radius 1 is 1.03 bits per heavy atom. The maximum absolute atomic E-state index is 13.4. The zero-order chi connectivity index (χ0) is 26.6. The van der Waals surface area contributed by atoms with Crippen molar-refractivity contribution < 1.29 is 37.4 Å². The smallest absolute Gasteiger partial charge is 0.342 e. The van der Waals surface area contributed by atoms with Gasteiger partial charge in [0.05, 0.1) is 39.6 Å². The number of benzene rings is 1. The third kappa shape index (κ3) is 4.77. The summed E-state index contributed by atoms with van der Waals surface area (Å²) in [5.41, 5.74) is 1.93. The summed E-state index contributed by atoms with van der Waals surface area (Å²) in [6, 6.07) is 9.84. The van der Waals surface area contributed by atoms with Crippen LogP contribution in [0.3, 0.4) is 0 Å². The van der Waals surface area contributed by atoms with Crippen molar-refractivity contribution in [2.45, 2.75) is 25.3 Å². The minimum absolute atomic E-state index is 0.0540. The maximum Gasteiger partial charge on any atom is 0.342 e. The van der Waals surface area contributed by atoms with Crippen molar-refractivity contribution in [3.8, 4) is 17.2 Å². The molecule has 5 rings (SSSR count). The highest BCUT2D eigenvalue weighted by Crippen LogP contribution is 2.44. The molecule has 0 spiro atoms. The summed E-state index contributed by atoms with van der Waals surface area (Å²) in [4.78, 5) is 26.4. The maximum atomic E-state index is 13.4. The zero-order valence-electron chi connectivity index (χ0n) is 21.3. The van der Waals surface area contributed by atoms with Crippen LogP contribution in [0.1, 0.15) is 47.2 Å². The van der Waals surface area contributed by atoms with Gasteiger partial charge in [0.2, 0.25) is 0 Å². The van der Waals surface area contributed by atoms with Crippen molar-refractivity contribution in [2.24, 2.45) is 11.0 Å². The molecule has 1 amide bonds. The van der Waals surface area contributed by atoms with Crippen LogP contribution >= 0.6 is 0 Å². The molecule has 38 heavy (non-hydrogen) atoms. The monoisotopic (exact) mass is 520 g/mol. The van der Waals surface area contributed by atoms with E-state index in [9.17, 15) is 9.59 Å². The van der Waals surface area contributed by atoms with E-state index >= 15 is 0 Å². The number of hydrogen-bond donors (Lipinski definition) is 0. The van der Waals surface area contributed by atoms with Crippen molar-refractivity contribution in [3.63, 3.8) is 0 Å². The number of allylic oxidation sites excluding steroid dienone is 1. The molecular formula is C28H28N2O8. The summed E-state index contributed by atoms with van der Waals surface area (Å²) in [5.74, 6) is 1.03. The number of hydrazone groups is 1. The third-order valence-corrected chi connectivity index (χ3v) is 6.70.